The summed E-state index contributed by atoms with van der Waals surface area (Å²) in [6, 6.07) is 0. The van der Waals surface area contributed by atoms with E-state index in [0.717, 1.165) is 6.92 Å². The minimum Gasteiger partial charge on any atom is -0.479 e. The van der Waals surface area contributed by atoms with Crippen LogP contribution in [0.2, 0.25) is 0 Å². The maximum atomic E-state index is 11.7. The van der Waals surface area contributed by atoms with E-state index in [9.17, 15) is 22.0 Å². The van der Waals surface area contributed by atoms with Gasteiger partial charge in [-0.25, -0.2) is 17.9 Å². The Bertz CT molecular complexity index is 312. The maximum Gasteiger partial charge on any atom is 0.350 e. The highest BCUT2D eigenvalue weighted by Gasteiger charge is 2.33. The van der Waals surface area contributed by atoms with Crippen LogP contribution >= 0.6 is 0 Å². The molecule has 6 nitrogen and oxygen atoms in total. The molecule has 3 N–H and O–H groups in total. The number of carboxylic acids is 1. The number of sulfonamides is 1. The number of rotatable bonds is 5. The summed E-state index contributed by atoms with van der Waals surface area (Å²) in [6.45, 7) is -0.238. The minimum atomic E-state index is -4.87. The van der Waals surface area contributed by atoms with Gasteiger partial charge >= 0.3 is 11.7 Å². The Morgan fingerprint density at radius 2 is 2.00 bits per heavy atom. The van der Waals surface area contributed by atoms with Gasteiger partial charge < -0.3 is 10.2 Å². The summed E-state index contributed by atoms with van der Waals surface area (Å²) in [5.41, 5.74) is -2.41. The van der Waals surface area contributed by atoms with Crippen LogP contribution in [0.3, 0.4) is 0 Å². The van der Waals surface area contributed by atoms with Gasteiger partial charge in [-0.05, 0) is 6.92 Å². The normalized spacial score (nSPS) is 16.6. The second kappa shape index (κ2) is 4.15. The summed E-state index contributed by atoms with van der Waals surface area (Å²) in [7, 11) is -4.87. The molecule has 0 saturated heterocycles. The first-order valence-electron chi connectivity index (χ1n) is 3.32. The van der Waals surface area contributed by atoms with Gasteiger partial charge in [-0.3, -0.25) is 0 Å². The number of hydrogen-bond acceptors (Lipinski definition) is 4. The van der Waals surface area contributed by atoms with Crippen LogP contribution in [0, 0.1) is 0 Å². The number of aliphatic hydroxyl groups is 1. The average Bonchev–Trinajstić information content (AvgIpc) is 2.01. The Morgan fingerprint density at radius 3 is 2.29 bits per heavy atom. The van der Waals surface area contributed by atoms with E-state index >= 15 is 0 Å². The molecule has 84 valence electrons. The lowest BCUT2D eigenvalue weighted by atomic mass is 10.1. The molecule has 0 aromatic rings. The summed E-state index contributed by atoms with van der Waals surface area (Å²) in [5, 5.41) is 17.3. The van der Waals surface area contributed by atoms with Gasteiger partial charge in [0.2, 0.25) is 0 Å². The Hall–Kier alpha value is -0.800. The first-order valence-corrected chi connectivity index (χ1v) is 4.86. The Morgan fingerprint density at radius 1 is 1.57 bits per heavy atom. The number of hydrogen-bond donors (Lipinski definition) is 3. The maximum absolute atomic E-state index is 11.7. The molecule has 0 radical (unpaired) electrons. The van der Waals surface area contributed by atoms with Crippen LogP contribution in [0.5, 0.6) is 0 Å². The van der Waals surface area contributed by atoms with Crippen LogP contribution in [0.1, 0.15) is 6.92 Å². The number of alkyl halides is 2. The van der Waals surface area contributed by atoms with Gasteiger partial charge in [0.05, 0.1) is 6.54 Å². The summed E-state index contributed by atoms with van der Waals surface area (Å²) < 4.78 is 45.6. The van der Waals surface area contributed by atoms with E-state index in [1.165, 1.54) is 4.72 Å². The highest BCUT2D eigenvalue weighted by Crippen LogP contribution is 2.06. The zero-order valence-corrected chi connectivity index (χ0v) is 7.88. The van der Waals surface area contributed by atoms with Crippen molar-refractivity contribution in [3.8, 4) is 0 Å². The third-order valence-corrected chi connectivity index (χ3v) is 2.33. The second-order valence-electron chi connectivity index (χ2n) is 2.71. The molecule has 1 unspecified atom stereocenters. The van der Waals surface area contributed by atoms with E-state index in [2.05, 4.69) is 0 Å². The van der Waals surface area contributed by atoms with Crippen molar-refractivity contribution >= 4 is 16.0 Å². The zero-order valence-electron chi connectivity index (χ0n) is 7.07. The van der Waals surface area contributed by atoms with Crippen molar-refractivity contribution in [3.63, 3.8) is 0 Å². The number of carbonyl (C=O) groups is 1. The fourth-order valence-corrected chi connectivity index (χ4v) is 0.988. The molecule has 0 saturated carbocycles. The molecule has 0 aliphatic rings. The quantitative estimate of drug-likeness (QED) is 0.563. The zero-order chi connectivity index (χ0) is 11.6. The molecule has 0 rings (SSSR count). The van der Waals surface area contributed by atoms with E-state index in [0.29, 0.717) is 0 Å². The second-order valence-corrected chi connectivity index (χ2v) is 4.44. The Balaban J connectivity index is 4.41. The molecule has 0 spiro atoms. The molecule has 0 fully saturated rings. The van der Waals surface area contributed by atoms with Crippen LogP contribution in [0.4, 0.5) is 8.78 Å². The Kier molecular flexibility index (Phi) is 3.91. The average molecular weight is 233 g/mol. The van der Waals surface area contributed by atoms with E-state index < -0.39 is 33.9 Å². The van der Waals surface area contributed by atoms with Crippen molar-refractivity contribution in [1.29, 1.82) is 0 Å². The number of halogens is 2. The monoisotopic (exact) mass is 233 g/mol. The fourth-order valence-electron chi connectivity index (χ4n) is 0.380. The topological polar surface area (TPSA) is 104 Å². The van der Waals surface area contributed by atoms with Gasteiger partial charge in [0.25, 0.3) is 10.0 Å². The fraction of sp³-hybridized carbons (Fsp3) is 0.800. The molecule has 14 heavy (non-hydrogen) atoms. The van der Waals surface area contributed by atoms with E-state index in [4.69, 9.17) is 10.2 Å². The van der Waals surface area contributed by atoms with Gasteiger partial charge in [-0.1, -0.05) is 0 Å². The lowest BCUT2D eigenvalue weighted by molar-refractivity contribution is -0.155. The van der Waals surface area contributed by atoms with Crippen LogP contribution in [0.25, 0.3) is 0 Å². The molecule has 0 heterocycles. The van der Waals surface area contributed by atoms with Crippen molar-refractivity contribution in [2.75, 3.05) is 6.54 Å². The molecule has 0 aliphatic heterocycles. The van der Waals surface area contributed by atoms with E-state index in [1.807, 2.05) is 0 Å². The van der Waals surface area contributed by atoms with Gasteiger partial charge in [0, 0.05) is 0 Å². The van der Waals surface area contributed by atoms with Crippen molar-refractivity contribution in [2.45, 2.75) is 18.3 Å². The lowest BCUT2D eigenvalue weighted by Crippen LogP contribution is -2.47. The predicted molar refractivity (Wildman–Crippen MR) is 41.2 cm³/mol. The third kappa shape index (κ3) is 3.52. The summed E-state index contributed by atoms with van der Waals surface area (Å²) in [5.74, 6) is -5.37. The van der Waals surface area contributed by atoms with Crippen LogP contribution in [0.15, 0.2) is 0 Å². The minimum absolute atomic E-state index is 0.781. The molecular formula is C5H9F2NO5S. The SMILES string of the molecule is CC(O)(CNS(=O)(=O)C(F)F)C(=O)O. The molecule has 0 amide bonds. The summed E-state index contributed by atoms with van der Waals surface area (Å²) in [4.78, 5) is 10.2. The molecule has 0 aliphatic carbocycles. The summed E-state index contributed by atoms with van der Waals surface area (Å²) >= 11 is 0. The van der Waals surface area contributed by atoms with Crippen molar-refractivity contribution in [3.05, 3.63) is 0 Å². The van der Waals surface area contributed by atoms with Crippen LogP contribution in [-0.2, 0) is 14.8 Å². The van der Waals surface area contributed by atoms with Gasteiger partial charge in [-0.2, -0.15) is 8.78 Å². The molecular weight excluding hydrogens is 224 g/mol. The van der Waals surface area contributed by atoms with Gasteiger partial charge in [0.15, 0.2) is 5.60 Å². The number of aliphatic carboxylic acids is 1. The number of carboxylic acid groups (broad SMARTS) is 1. The molecule has 9 heteroatoms. The van der Waals surface area contributed by atoms with Gasteiger partial charge in [0.1, 0.15) is 0 Å². The molecule has 1 atom stereocenters. The first kappa shape index (κ1) is 13.2. The highest BCUT2D eigenvalue weighted by molar-refractivity contribution is 7.89. The van der Waals surface area contributed by atoms with Crippen LogP contribution in [-0.4, -0.2) is 42.5 Å². The van der Waals surface area contributed by atoms with Crippen LogP contribution < -0.4 is 4.72 Å². The lowest BCUT2D eigenvalue weighted by Gasteiger charge is -2.17. The largest absolute Gasteiger partial charge is 0.479 e. The first-order chi connectivity index (χ1) is 6.09. The van der Waals surface area contributed by atoms with Crippen molar-refractivity contribution in [1.82, 2.24) is 4.72 Å². The van der Waals surface area contributed by atoms with E-state index in [1.54, 1.807) is 0 Å². The standard InChI is InChI=1S/C5H9F2NO5S/c1-5(11,3(9)10)2-8-14(12,13)4(6)7/h4,8,11H,2H2,1H3,(H,9,10). The smallest absolute Gasteiger partial charge is 0.350 e. The summed E-state index contributed by atoms with van der Waals surface area (Å²) in [6.07, 6.45) is 0. The van der Waals surface area contributed by atoms with Crippen molar-refractivity contribution < 1.29 is 32.2 Å². The predicted octanol–water partition coefficient (Wildman–Crippen LogP) is -1.04. The number of nitrogens with one attached hydrogen (secondary N) is 1. The molecule has 0 bridgehead atoms. The highest BCUT2D eigenvalue weighted by atomic mass is 32.2. The van der Waals surface area contributed by atoms with Gasteiger partial charge in [-0.15, -0.1) is 0 Å². The molecule has 0 aromatic heterocycles. The molecule has 0 aromatic carbocycles. The van der Waals surface area contributed by atoms with Crippen molar-refractivity contribution in [2.24, 2.45) is 0 Å². The Labute approximate surface area is 78.6 Å². The van der Waals surface area contributed by atoms with E-state index in [-0.39, 0.29) is 0 Å². The third-order valence-electron chi connectivity index (χ3n) is 1.31.